The normalized spacial score (nSPS) is 20.7. The lowest BCUT2D eigenvalue weighted by Crippen LogP contribution is -2.38. The molecule has 124 valence electrons. The molecule has 4 heteroatoms. The minimum Gasteiger partial charge on any atom is -0.463 e. The summed E-state index contributed by atoms with van der Waals surface area (Å²) in [5.41, 5.74) is 9.58. The zero-order valence-corrected chi connectivity index (χ0v) is 13.7. The van der Waals surface area contributed by atoms with Gasteiger partial charge in [-0.25, -0.2) is 4.79 Å². The second kappa shape index (κ2) is 7.32. The van der Waals surface area contributed by atoms with E-state index in [9.17, 15) is 4.79 Å². The van der Waals surface area contributed by atoms with Gasteiger partial charge in [-0.3, -0.25) is 5.32 Å². The summed E-state index contributed by atoms with van der Waals surface area (Å²) in [4.78, 5) is 12.4. The third-order valence-electron chi connectivity index (χ3n) is 4.26. The molecule has 0 unspecified atom stereocenters. The van der Waals surface area contributed by atoms with Gasteiger partial charge in [0.15, 0.2) is 0 Å². The van der Waals surface area contributed by atoms with Crippen molar-refractivity contribution in [2.45, 2.75) is 25.4 Å². The van der Waals surface area contributed by atoms with Gasteiger partial charge in [0.1, 0.15) is 0 Å². The van der Waals surface area contributed by atoms with Gasteiger partial charge in [0.05, 0.1) is 18.2 Å². The van der Waals surface area contributed by atoms with Gasteiger partial charge < -0.3 is 10.5 Å². The Labute approximate surface area is 142 Å². The molecule has 0 bridgehead atoms. The highest BCUT2D eigenvalue weighted by Gasteiger charge is 2.33. The number of carbonyl (C=O) groups excluding carboxylic acids is 1. The molecule has 1 aliphatic heterocycles. The molecule has 0 radical (unpaired) electrons. The Morgan fingerprint density at radius 3 is 2.25 bits per heavy atom. The Bertz CT molecular complexity index is 726. The molecule has 0 saturated heterocycles. The van der Waals surface area contributed by atoms with Crippen LogP contribution in [0, 0.1) is 0 Å². The van der Waals surface area contributed by atoms with Gasteiger partial charge in [-0.05, 0) is 18.1 Å². The highest BCUT2D eigenvalue weighted by Crippen LogP contribution is 2.35. The van der Waals surface area contributed by atoms with Gasteiger partial charge in [-0.2, -0.15) is 0 Å². The largest absolute Gasteiger partial charge is 0.463 e. The summed E-state index contributed by atoms with van der Waals surface area (Å²) >= 11 is 0. The van der Waals surface area contributed by atoms with Crippen LogP contribution in [0.15, 0.2) is 71.9 Å². The van der Waals surface area contributed by atoms with Gasteiger partial charge in [-0.15, -0.1) is 0 Å². The predicted molar refractivity (Wildman–Crippen MR) is 94.0 cm³/mol. The fourth-order valence-corrected chi connectivity index (χ4v) is 3.12. The summed E-state index contributed by atoms with van der Waals surface area (Å²) in [5.74, 6) is -0.345. The van der Waals surface area contributed by atoms with Crippen molar-refractivity contribution in [1.82, 2.24) is 5.32 Å². The minimum atomic E-state index is -0.345. The van der Waals surface area contributed by atoms with Gasteiger partial charge >= 0.3 is 5.97 Å². The van der Waals surface area contributed by atoms with E-state index in [1.165, 1.54) is 0 Å². The van der Waals surface area contributed by atoms with Crippen molar-refractivity contribution in [3.63, 3.8) is 0 Å². The van der Waals surface area contributed by atoms with E-state index in [0.717, 1.165) is 11.1 Å². The smallest absolute Gasteiger partial charge is 0.337 e. The first-order chi connectivity index (χ1) is 11.7. The zero-order valence-electron chi connectivity index (χ0n) is 13.7. The van der Waals surface area contributed by atoms with E-state index in [2.05, 4.69) is 17.4 Å². The zero-order chi connectivity index (χ0) is 16.9. The standard InChI is InChI=1S/C20H22N2O2/c1-2-24-20(23)18-16(21)13-17(14-9-5-3-6-10-14)22-19(18)15-11-7-4-8-12-15/h3-12,17,19,22H,2,13,21H2,1H3/t17-,19+/m1/s1. The number of nitrogens with one attached hydrogen (secondary N) is 1. The maximum Gasteiger partial charge on any atom is 0.337 e. The van der Waals surface area contributed by atoms with Gasteiger partial charge in [-0.1, -0.05) is 60.7 Å². The van der Waals surface area contributed by atoms with Gasteiger partial charge in [0.2, 0.25) is 0 Å². The van der Waals surface area contributed by atoms with Crippen molar-refractivity contribution in [1.29, 1.82) is 0 Å². The van der Waals surface area contributed by atoms with Crippen molar-refractivity contribution < 1.29 is 9.53 Å². The lowest BCUT2D eigenvalue weighted by molar-refractivity contribution is -0.139. The quantitative estimate of drug-likeness (QED) is 0.848. The number of hydrogen-bond acceptors (Lipinski definition) is 4. The van der Waals surface area contributed by atoms with Crippen molar-refractivity contribution in [2.75, 3.05) is 6.61 Å². The molecule has 0 saturated carbocycles. The molecular weight excluding hydrogens is 300 g/mol. The predicted octanol–water partition coefficient (Wildman–Crippen LogP) is 3.24. The second-order valence-electron chi connectivity index (χ2n) is 5.84. The van der Waals surface area contributed by atoms with Crippen molar-refractivity contribution in [3.8, 4) is 0 Å². The number of carbonyl (C=O) groups is 1. The van der Waals surface area contributed by atoms with Crippen LogP contribution in [0.5, 0.6) is 0 Å². The first-order valence-corrected chi connectivity index (χ1v) is 8.22. The molecular formula is C20H22N2O2. The van der Waals surface area contributed by atoms with Crippen LogP contribution in [0.2, 0.25) is 0 Å². The molecule has 1 aliphatic rings. The summed E-state index contributed by atoms with van der Waals surface area (Å²) in [7, 11) is 0. The van der Waals surface area contributed by atoms with E-state index >= 15 is 0 Å². The van der Waals surface area contributed by atoms with Crippen LogP contribution in [0.25, 0.3) is 0 Å². The molecule has 1 heterocycles. The molecule has 0 aliphatic carbocycles. The molecule has 0 spiro atoms. The van der Waals surface area contributed by atoms with Crippen LogP contribution in [-0.2, 0) is 9.53 Å². The molecule has 0 amide bonds. The molecule has 24 heavy (non-hydrogen) atoms. The van der Waals surface area contributed by atoms with E-state index in [1.54, 1.807) is 6.92 Å². The Hall–Kier alpha value is -2.59. The first kappa shape index (κ1) is 16.3. The average Bonchev–Trinajstić information content (AvgIpc) is 2.62. The van der Waals surface area contributed by atoms with Crippen LogP contribution in [0.1, 0.15) is 36.6 Å². The van der Waals surface area contributed by atoms with Gasteiger partial charge in [0, 0.05) is 18.2 Å². The summed E-state index contributed by atoms with van der Waals surface area (Å²) in [6.45, 7) is 2.13. The number of nitrogens with two attached hydrogens (primary N) is 1. The number of esters is 1. The molecule has 2 atom stereocenters. The molecule has 2 aromatic rings. The van der Waals surface area contributed by atoms with Crippen LogP contribution in [0.4, 0.5) is 0 Å². The third kappa shape index (κ3) is 3.34. The van der Waals surface area contributed by atoms with E-state index in [1.807, 2.05) is 48.5 Å². The molecule has 0 aromatic heterocycles. The van der Waals surface area contributed by atoms with Crippen LogP contribution < -0.4 is 11.1 Å². The number of benzene rings is 2. The molecule has 3 rings (SSSR count). The highest BCUT2D eigenvalue weighted by atomic mass is 16.5. The van der Waals surface area contributed by atoms with Crippen LogP contribution >= 0.6 is 0 Å². The first-order valence-electron chi connectivity index (χ1n) is 8.22. The maximum absolute atomic E-state index is 12.4. The molecule has 0 fully saturated rings. The van der Waals surface area contributed by atoms with E-state index < -0.39 is 0 Å². The number of rotatable bonds is 4. The fourth-order valence-electron chi connectivity index (χ4n) is 3.12. The van der Waals surface area contributed by atoms with Crippen molar-refractivity contribution in [3.05, 3.63) is 83.1 Å². The molecule has 3 N–H and O–H groups in total. The monoisotopic (exact) mass is 322 g/mol. The lowest BCUT2D eigenvalue weighted by Gasteiger charge is -2.33. The van der Waals surface area contributed by atoms with Crippen LogP contribution in [-0.4, -0.2) is 12.6 Å². The second-order valence-corrected chi connectivity index (χ2v) is 5.84. The van der Waals surface area contributed by atoms with E-state index in [4.69, 9.17) is 10.5 Å². The Morgan fingerprint density at radius 2 is 1.67 bits per heavy atom. The van der Waals surface area contributed by atoms with Crippen molar-refractivity contribution >= 4 is 5.97 Å². The third-order valence-corrected chi connectivity index (χ3v) is 4.26. The Balaban J connectivity index is 2.00. The lowest BCUT2D eigenvalue weighted by atomic mass is 9.87. The summed E-state index contributed by atoms with van der Waals surface area (Å²) in [5, 5.41) is 3.57. The number of hydrogen-bond donors (Lipinski definition) is 2. The molecule has 2 aromatic carbocycles. The maximum atomic E-state index is 12.4. The Kier molecular flexibility index (Phi) is 4.96. The fraction of sp³-hybridized carbons (Fsp3) is 0.250. The average molecular weight is 322 g/mol. The minimum absolute atomic E-state index is 0.0644. The Morgan fingerprint density at radius 1 is 1.08 bits per heavy atom. The number of ether oxygens (including phenoxy) is 1. The van der Waals surface area contributed by atoms with Crippen molar-refractivity contribution in [2.24, 2.45) is 5.73 Å². The van der Waals surface area contributed by atoms with Gasteiger partial charge in [0.25, 0.3) is 0 Å². The summed E-state index contributed by atoms with van der Waals surface area (Å²) in [6.07, 6.45) is 0.585. The highest BCUT2D eigenvalue weighted by molar-refractivity contribution is 5.91. The summed E-state index contributed by atoms with van der Waals surface area (Å²) in [6, 6.07) is 19.8. The SMILES string of the molecule is CCOC(=O)C1=C(N)C[C@H](c2ccccc2)N[C@H]1c1ccccc1. The van der Waals surface area contributed by atoms with E-state index in [-0.39, 0.29) is 18.1 Å². The summed E-state index contributed by atoms with van der Waals surface area (Å²) < 4.78 is 5.23. The van der Waals surface area contributed by atoms with E-state index in [0.29, 0.717) is 24.3 Å². The topological polar surface area (TPSA) is 64.3 Å². The molecule has 4 nitrogen and oxygen atoms in total. The van der Waals surface area contributed by atoms with Crippen LogP contribution in [0.3, 0.4) is 0 Å².